The topological polar surface area (TPSA) is 38.3 Å². The van der Waals surface area contributed by atoms with E-state index in [0.29, 0.717) is 5.92 Å². The van der Waals surface area contributed by atoms with Gasteiger partial charge in [-0.3, -0.25) is 4.79 Å². The molecule has 0 aliphatic heterocycles. The maximum absolute atomic E-state index is 11.6. The maximum Gasteiger partial charge on any atom is 0.258 e. The molecule has 3 nitrogen and oxygen atoms in total. The van der Waals surface area contributed by atoms with Crippen molar-refractivity contribution in [2.75, 3.05) is 6.61 Å². The second-order valence-electron chi connectivity index (χ2n) is 4.70. The van der Waals surface area contributed by atoms with E-state index in [1.165, 1.54) is 5.56 Å². The van der Waals surface area contributed by atoms with Crippen molar-refractivity contribution >= 4 is 5.91 Å². The van der Waals surface area contributed by atoms with Crippen LogP contribution in [0.4, 0.5) is 0 Å². The van der Waals surface area contributed by atoms with Crippen LogP contribution < -0.4 is 10.1 Å². The number of amides is 1. The average Bonchev–Trinajstić information content (AvgIpc) is 2.28. The van der Waals surface area contributed by atoms with Crippen molar-refractivity contribution in [2.45, 2.75) is 33.7 Å². The van der Waals surface area contributed by atoms with Crippen LogP contribution in [0, 0.1) is 12.8 Å². The van der Waals surface area contributed by atoms with Crippen LogP contribution in [-0.4, -0.2) is 18.6 Å². The fraction of sp³-hybridized carbons (Fsp3) is 0.500. The van der Waals surface area contributed by atoms with Gasteiger partial charge in [0.05, 0.1) is 0 Å². The summed E-state index contributed by atoms with van der Waals surface area (Å²) in [5, 5.41) is 2.90. The summed E-state index contributed by atoms with van der Waals surface area (Å²) in [6, 6.07) is 7.83. The number of aryl methyl sites for hydroxylation is 1. The molecule has 0 aromatic heterocycles. The minimum absolute atomic E-state index is 0.0696. The van der Waals surface area contributed by atoms with Crippen molar-refractivity contribution in [1.29, 1.82) is 0 Å². The van der Waals surface area contributed by atoms with Gasteiger partial charge in [-0.25, -0.2) is 0 Å². The number of benzene rings is 1. The van der Waals surface area contributed by atoms with Crippen molar-refractivity contribution < 1.29 is 9.53 Å². The molecule has 0 aliphatic carbocycles. The van der Waals surface area contributed by atoms with E-state index < -0.39 is 0 Å². The Morgan fingerprint density at radius 2 is 1.82 bits per heavy atom. The van der Waals surface area contributed by atoms with E-state index in [9.17, 15) is 4.79 Å². The highest BCUT2D eigenvalue weighted by molar-refractivity contribution is 5.77. The lowest BCUT2D eigenvalue weighted by atomic mass is 10.1. The SMILES string of the molecule is Cc1ccc(OCC(=O)N[C@@H](C)C(C)C)cc1. The number of nitrogens with one attached hydrogen (secondary N) is 1. The maximum atomic E-state index is 11.6. The van der Waals surface area contributed by atoms with Gasteiger partial charge in [0.15, 0.2) is 6.61 Å². The van der Waals surface area contributed by atoms with Crippen LogP contribution in [0.1, 0.15) is 26.3 Å². The molecule has 0 unspecified atom stereocenters. The van der Waals surface area contributed by atoms with E-state index in [4.69, 9.17) is 4.74 Å². The summed E-state index contributed by atoms with van der Waals surface area (Å²) in [6.45, 7) is 8.23. The molecule has 0 saturated carbocycles. The van der Waals surface area contributed by atoms with Crippen molar-refractivity contribution in [3.63, 3.8) is 0 Å². The summed E-state index contributed by atoms with van der Waals surface area (Å²) in [6.07, 6.45) is 0. The van der Waals surface area contributed by atoms with Crippen LogP contribution in [-0.2, 0) is 4.79 Å². The van der Waals surface area contributed by atoms with Gasteiger partial charge in [-0.05, 0) is 31.9 Å². The number of carbonyl (C=O) groups excluding carboxylic acids is 1. The van der Waals surface area contributed by atoms with Crippen LogP contribution in [0.5, 0.6) is 5.75 Å². The lowest BCUT2D eigenvalue weighted by Gasteiger charge is -2.17. The molecule has 1 rings (SSSR count). The van der Waals surface area contributed by atoms with E-state index >= 15 is 0 Å². The minimum atomic E-state index is -0.0771. The fourth-order valence-corrected chi connectivity index (χ4v) is 1.25. The molecular weight excluding hydrogens is 214 g/mol. The van der Waals surface area contributed by atoms with Crippen molar-refractivity contribution in [1.82, 2.24) is 5.32 Å². The predicted octanol–water partition coefficient (Wildman–Crippen LogP) is 2.53. The van der Waals surface area contributed by atoms with Gasteiger partial charge in [-0.1, -0.05) is 31.5 Å². The number of hydrogen-bond acceptors (Lipinski definition) is 2. The zero-order chi connectivity index (χ0) is 12.8. The van der Waals surface area contributed by atoms with Gasteiger partial charge in [-0.15, -0.1) is 0 Å². The van der Waals surface area contributed by atoms with Gasteiger partial charge in [0, 0.05) is 6.04 Å². The predicted molar refractivity (Wildman–Crippen MR) is 69.1 cm³/mol. The highest BCUT2D eigenvalue weighted by Crippen LogP contribution is 2.11. The number of ether oxygens (including phenoxy) is 1. The Bertz CT molecular complexity index is 357. The first kappa shape index (κ1) is 13.6. The highest BCUT2D eigenvalue weighted by Gasteiger charge is 2.10. The molecule has 0 bridgehead atoms. The molecule has 0 spiro atoms. The molecule has 3 heteroatoms. The summed E-state index contributed by atoms with van der Waals surface area (Å²) in [4.78, 5) is 11.6. The Labute approximate surface area is 103 Å². The van der Waals surface area contributed by atoms with Crippen LogP contribution in [0.25, 0.3) is 0 Å². The summed E-state index contributed by atoms with van der Waals surface area (Å²) in [5.41, 5.74) is 1.18. The first-order valence-electron chi connectivity index (χ1n) is 5.98. The average molecular weight is 235 g/mol. The molecule has 0 radical (unpaired) electrons. The lowest BCUT2D eigenvalue weighted by Crippen LogP contribution is -2.38. The second kappa shape index (κ2) is 6.28. The van der Waals surface area contributed by atoms with E-state index in [1.807, 2.05) is 38.1 Å². The van der Waals surface area contributed by atoms with Crippen molar-refractivity contribution in [3.8, 4) is 5.75 Å². The molecule has 1 amide bonds. The Balaban J connectivity index is 2.35. The number of carbonyl (C=O) groups is 1. The normalized spacial score (nSPS) is 12.3. The molecule has 1 aromatic carbocycles. The smallest absolute Gasteiger partial charge is 0.258 e. The Hall–Kier alpha value is -1.51. The fourth-order valence-electron chi connectivity index (χ4n) is 1.25. The van der Waals surface area contributed by atoms with E-state index in [1.54, 1.807) is 0 Å². The van der Waals surface area contributed by atoms with Gasteiger partial charge < -0.3 is 10.1 Å². The molecule has 17 heavy (non-hydrogen) atoms. The van der Waals surface area contributed by atoms with Crippen LogP contribution in [0.3, 0.4) is 0 Å². The summed E-state index contributed by atoms with van der Waals surface area (Å²) >= 11 is 0. The van der Waals surface area contributed by atoms with Gasteiger partial charge in [-0.2, -0.15) is 0 Å². The molecular formula is C14H21NO2. The van der Waals surface area contributed by atoms with Crippen molar-refractivity contribution in [3.05, 3.63) is 29.8 Å². The van der Waals surface area contributed by atoms with Gasteiger partial charge in [0.2, 0.25) is 0 Å². The van der Waals surface area contributed by atoms with Gasteiger partial charge >= 0.3 is 0 Å². The van der Waals surface area contributed by atoms with E-state index in [2.05, 4.69) is 19.2 Å². The molecule has 1 aromatic rings. The minimum Gasteiger partial charge on any atom is -0.484 e. The second-order valence-corrected chi connectivity index (χ2v) is 4.70. The monoisotopic (exact) mass is 235 g/mol. The highest BCUT2D eigenvalue weighted by atomic mass is 16.5. The molecule has 1 atom stereocenters. The quantitative estimate of drug-likeness (QED) is 0.851. The molecule has 0 fully saturated rings. The first-order valence-corrected chi connectivity index (χ1v) is 5.98. The zero-order valence-corrected chi connectivity index (χ0v) is 11.0. The zero-order valence-electron chi connectivity index (χ0n) is 11.0. The molecule has 94 valence electrons. The molecule has 0 saturated heterocycles. The van der Waals surface area contributed by atoms with Crippen LogP contribution >= 0.6 is 0 Å². The lowest BCUT2D eigenvalue weighted by molar-refractivity contribution is -0.124. The third kappa shape index (κ3) is 4.89. The van der Waals surface area contributed by atoms with Gasteiger partial charge in [0.25, 0.3) is 5.91 Å². The van der Waals surface area contributed by atoms with Crippen LogP contribution in [0.2, 0.25) is 0 Å². The summed E-state index contributed by atoms with van der Waals surface area (Å²) in [7, 11) is 0. The summed E-state index contributed by atoms with van der Waals surface area (Å²) < 4.78 is 5.39. The van der Waals surface area contributed by atoms with Crippen LogP contribution in [0.15, 0.2) is 24.3 Å². The third-order valence-electron chi connectivity index (χ3n) is 2.78. The number of rotatable bonds is 5. The number of hydrogen-bond donors (Lipinski definition) is 1. The molecule has 1 N–H and O–H groups in total. The Morgan fingerprint density at radius 1 is 1.24 bits per heavy atom. The standard InChI is InChI=1S/C14H21NO2/c1-10(2)12(4)15-14(16)9-17-13-7-5-11(3)6-8-13/h5-8,10,12H,9H2,1-4H3,(H,15,16)/t12-/m0/s1. The summed E-state index contributed by atoms with van der Waals surface area (Å²) in [5.74, 6) is 1.08. The third-order valence-corrected chi connectivity index (χ3v) is 2.78. The first-order chi connectivity index (χ1) is 7.99. The van der Waals surface area contributed by atoms with Crippen molar-refractivity contribution in [2.24, 2.45) is 5.92 Å². The Morgan fingerprint density at radius 3 is 2.35 bits per heavy atom. The van der Waals surface area contributed by atoms with E-state index in [-0.39, 0.29) is 18.6 Å². The largest absolute Gasteiger partial charge is 0.484 e. The van der Waals surface area contributed by atoms with Gasteiger partial charge in [0.1, 0.15) is 5.75 Å². The Kier molecular flexibility index (Phi) is 5.01. The van der Waals surface area contributed by atoms with E-state index in [0.717, 1.165) is 5.75 Å². The molecule has 0 aliphatic rings. The molecule has 0 heterocycles.